The lowest BCUT2D eigenvalue weighted by atomic mass is 9.98. The van der Waals surface area contributed by atoms with Gasteiger partial charge in [0.2, 0.25) is 5.91 Å². The molecule has 2 heterocycles. The van der Waals surface area contributed by atoms with Gasteiger partial charge in [-0.15, -0.1) is 12.4 Å². The van der Waals surface area contributed by atoms with Crippen LogP contribution in [0.5, 0.6) is 0 Å². The van der Waals surface area contributed by atoms with Crippen LogP contribution in [0.3, 0.4) is 0 Å². The number of nitrogens with one attached hydrogen (secondary N) is 1. The minimum atomic E-state index is -0.424. The van der Waals surface area contributed by atoms with Crippen LogP contribution in [-0.4, -0.2) is 32.8 Å². The van der Waals surface area contributed by atoms with E-state index in [2.05, 4.69) is 15.4 Å². The fourth-order valence-electron chi connectivity index (χ4n) is 2.17. The smallest absolute Gasteiger partial charge is 0.237 e. The van der Waals surface area contributed by atoms with Gasteiger partial charge in [-0.25, -0.2) is 9.67 Å². The van der Waals surface area contributed by atoms with Gasteiger partial charge in [-0.2, -0.15) is 5.10 Å². The lowest BCUT2D eigenvalue weighted by molar-refractivity contribution is -0.124. The fraction of sp³-hybridized carbons (Fsp3) is 0.750. The van der Waals surface area contributed by atoms with Crippen molar-refractivity contribution in [3.8, 4) is 0 Å². The average Bonchev–Trinajstić information content (AvgIpc) is 2.84. The van der Waals surface area contributed by atoms with Crippen molar-refractivity contribution in [2.75, 3.05) is 0 Å². The van der Waals surface area contributed by atoms with E-state index in [1.165, 1.54) is 0 Å². The number of carbonyl (C=O) groups excluding carboxylic acids is 1. The number of nitrogens with zero attached hydrogens (tertiary/aromatic N) is 3. The lowest BCUT2D eigenvalue weighted by Crippen LogP contribution is -2.50. The number of rotatable bonds is 4. The second kappa shape index (κ2) is 6.86. The van der Waals surface area contributed by atoms with Gasteiger partial charge in [0.25, 0.3) is 0 Å². The molecule has 1 aromatic heterocycles. The molecule has 3 N–H and O–H groups in total. The SMILES string of the molecule is CCC(C)C(N)C(=O)NC1CCc2ncnn2C1.Cl. The van der Waals surface area contributed by atoms with Crippen molar-refractivity contribution >= 4 is 18.3 Å². The highest BCUT2D eigenvalue weighted by Crippen LogP contribution is 2.12. The predicted molar refractivity (Wildman–Crippen MR) is 75.0 cm³/mol. The van der Waals surface area contributed by atoms with Gasteiger partial charge in [-0.05, 0) is 12.3 Å². The fourth-order valence-corrected chi connectivity index (χ4v) is 2.17. The second-order valence-electron chi connectivity index (χ2n) is 5.01. The first-order valence-electron chi connectivity index (χ1n) is 6.54. The maximum Gasteiger partial charge on any atom is 0.237 e. The maximum absolute atomic E-state index is 12.0. The van der Waals surface area contributed by atoms with E-state index in [0.717, 1.165) is 25.1 Å². The van der Waals surface area contributed by atoms with Crippen LogP contribution in [0.4, 0.5) is 0 Å². The monoisotopic (exact) mass is 287 g/mol. The van der Waals surface area contributed by atoms with Crippen LogP contribution in [0.1, 0.15) is 32.5 Å². The normalized spacial score (nSPS) is 20.9. The first kappa shape index (κ1) is 15.9. The number of halogens is 1. The summed E-state index contributed by atoms with van der Waals surface area (Å²) in [6.45, 7) is 4.73. The van der Waals surface area contributed by atoms with Gasteiger partial charge in [0.05, 0.1) is 12.6 Å². The number of amides is 1. The molecule has 1 amide bonds. The Hall–Kier alpha value is -1.14. The van der Waals surface area contributed by atoms with Crippen LogP contribution in [0.2, 0.25) is 0 Å². The van der Waals surface area contributed by atoms with Crippen molar-refractivity contribution < 1.29 is 4.79 Å². The molecule has 108 valence electrons. The van der Waals surface area contributed by atoms with Crippen LogP contribution in [0.15, 0.2) is 6.33 Å². The molecular formula is C12H22ClN5O. The molecule has 3 atom stereocenters. The van der Waals surface area contributed by atoms with Crippen LogP contribution in [0, 0.1) is 5.92 Å². The van der Waals surface area contributed by atoms with Gasteiger partial charge < -0.3 is 11.1 Å². The largest absolute Gasteiger partial charge is 0.350 e. The Bertz CT molecular complexity index is 422. The zero-order valence-electron chi connectivity index (χ0n) is 11.4. The number of carbonyl (C=O) groups is 1. The summed E-state index contributed by atoms with van der Waals surface area (Å²) in [6.07, 6.45) is 4.22. The molecule has 1 aliphatic rings. The third-order valence-corrected chi connectivity index (χ3v) is 3.71. The van der Waals surface area contributed by atoms with E-state index in [1.807, 2.05) is 18.5 Å². The van der Waals surface area contributed by atoms with Gasteiger partial charge >= 0.3 is 0 Å². The summed E-state index contributed by atoms with van der Waals surface area (Å²) in [5.41, 5.74) is 5.92. The predicted octanol–water partition coefficient (Wildman–Crippen LogP) is 0.504. The summed E-state index contributed by atoms with van der Waals surface area (Å²) < 4.78 is 1.85. The summed E-state index contributed by atoms with van der Waals surface area (Å²) in [5, 5.41) is 7.15. The molecule has 0 radical (unpaired) electrons. The van der Waals surface area contributed by atoms with E-state index in [9.17, 15) is 4.79 Å². The van der Waals surface area contributed by atoms with Crippen molar-refractivity contribution in [1.82, 2.24) is 20.1 Å². The van der Waals surface area contributed by atoms with Crippen LogP contribution in [0.25, 0.3) is 0 Å². The van der Waals surface area contributed by atoms with Crippen molar-refractivity contribution in [3.05, 3.63) is 12.2 Å². The van der Waals surface area contributed by atoms with E-state index in [0.29, 0.717) is 6.54 Å². The average molecular weight is 288 g/mol. The Morgan fingerprint density at radius 2 is 2.42 bits per heavy atom. The van der Waals surface area contributed by atoms with Gasteiger partial charge in [-0.1, -0.05) is 20.3 Å². The standard InChI is InChI=1S/C12H21N5O.ClH/c1-3-8(2)11(13)12(18)16-9-4-5-10-14-7-15-17(10)6-9;/h7-9,11H,3-6,13H2,1-2H3,(H,16,18);1H. The highest BCUT2D eigenvalue weighted by Gasteiger charge is 2.25. The molecule has 0 aliphatic carbocycles. The molecule has 0 aromatic carbocycles. The molecule has 2 rings (SSSR count). The van der Waals surface area contributed by atoms with Gasteiger partial charge in [0.15, 0.2) is 0 Å². The van der Waals surface area contributed by atoms with E-state index in [-0.39, 0.29) is 30.3 Å². The van der Waals surface area contributed by atoms with E-state index in [4.69, 9.17) is 5.73 Å². The summed E-state index contributed by atoms with van der Waals surface area (Å²) >= 11 is 0. The topological polar surface area (TPSA) is 85.8 Å². The quantitative estimate of drug-likeness (QED) is 0.845. The summed E-state index contributed by atoms with van der Waals surface area (Å²) in [4.78, 5) is 16.1. The number of fused-ring (bicyclic) bond motifs is 1. The Balaban J connectivity index is 0.00000180. The molecule has 0 saturated heterocycles. The van der Waals surface area contributed by atoms with E-state index in [1.54, 1.807) is 6.33 Å². The van der Waals surface area contributed by atoms with Gasteiger partial charge in [0, 0.05) is 12.5 Å². The number of hydrogen-bond acceptors (Lipinski definition) is 4. The number of aromatic nitrogens is 3. The Morgan fingerprint density at radius 3 is 3.11 bits per heavy atom. The first-order chi connectivity index (χ1) is 8.61. The highest BCUT2D eigenvalue weighted by molar-refractivity contribution is 5.85. The minimum absolute atomic E-state index is 0. The molecule has 0 spiro atoms. The highest BCUT2D eigenvalue weighted by atomic mass is 35.5. The Kier molecular flexibility index (Phi) is 5.75. The Morgan fingerprint density at radius 1 is 1.68 bits per heavy atom. The molecule has 0 saturated carbocycles. The van der Waals surface area contributed by atoms with Crippen molar-refractivity contribution in [2.24, 2.45) is 11.7 Å². The van der Waals surface area contributed by atoms with E-state index < -0.39 is 6.04 Å². The van der Waals surface area contributed by atoms with Crippen LogP contribution in [-0.2, 0) is 17.8 Å². The molecule has 1 aromatic rings. The Labute approximate surface area is 119 Å². The third kappa shape index (κ3) is 3.67. The molecule has 3 unspecified atom stereocenters. The molecule has 6 nitrogen and oxygen atoms in total. The van der Waals surface area contributed by atoms with Gasteiger partial charge in [0.1, 0.15) is 12.2 Å². The third-order valence-electron chi connectivity index (χ3n) is 3.71. The first-order valence-corrected chi connectivity index (χ1v) is 6.54. The summed E-state index contributed by atoms with van der Waals surface area (Å²) in [7, 11) is 0. The maximum atomic E-state index is 12.0. The molecule has 1 aliphatic heterocycles. The number of nitrogens with two attached hydrogens (primary N) is 1. The van der Waals surface area contributed by atoms with Crippen LogP contribution < -0.4 is 11.1 Å². The van der Waals surface area contributed by atoms with Crippen molar-refractivity contribution in [2.45, 2.75) is 51.7 Å². The van der Waals surface area contributed by atoms with Crippen molar-refractivity contribution in [3.63, 3.8) is 0 Å². The summed E-state index contributed by atoms with van der Waals surface area (Å²) in [6, 6.07) is -0.311. The molecule has 7 heteroatoms. The molecule has 0 fully saturated rings. The second-order valence-corrected chi connectivity index (χ2v) is 5.01. The van der Waals surface area contributed by atoms with Crippen LogP contribution >= 0.6 is 12.4 Å². The summed E-state index contributed by atoms with van der Waals surface area (Å²) in [5.74, 6) is 1.14. The van der Waals surface area contributed by atoms with Gasteiger partial charge in [-0.3, -0.25) is 4.79 Å². The minimum Gasteiger partial charge on any atom is -0.350 e. The van der Waals surface area contributed by atoms with Crippen molar-refractivity contribution in [1.29, 1.82) is 0 Å². The number of aryl methyl sites for hydroxylation is 1. The molecule has 19 heavy (non-hydrogen) atoms. The molecule has 0 bridgehead atoms. The van der Waals surface area contributed by atoms with E-state index >= 15 is 0 Å². The zero-order valence-corrected chi connectivity index (χ0v) is 12.2. The molecular weight excluding hydrogens is 266 g/mol. The number of hydrogen-bond donors (Lipinski definition) is 2. The zero-order chi connectivity index (χ0) is 13.1. The lowest BCUT2D eigenvalue weighted by Gasteiger charge is -2.26.